The number of nitrogens with zero attached hydrogens (tertiary/aromatic N) is 1. The average Bonchev–Trinajstić information content (AvgIpc) is 3.88. The zero-order valence-electron chi connectivity index (χ0n) is 30.6. The van der Waals surface area contributed by atoms with E-state index >= 15 is 0 Å². The molecule has 0 fully saturated rings. The second-order valence-electron chi connectivity index (χ2n) is 13.9. The van der Waals surface area contributed by atoms with Crippen LogP contribution >= 0.6 is 0 Å². The first-order chi connectivity index (χ1) is 24.8. The summed E-state index contributed by atoms with van der Waals surface area (Å²) < 4.78 is 1.42. The molecule has 0 saturated heterocycles. The maximum atomic E-state index is 2.47. The van der Waals surface area contributed by atoms with Crippen molar-refractivity contribution in [3.05, 3.63) is 222 Å². The summed E-state index contributed by atoms with van der Waals surface area (Å²) in [6, 6.07) is 68.8. The van der Waals surface area contributed by atoms with E-state index in [1.807, 2.05) is 30.3 Å². The van der Waals surface area contributed by atoms with Crippen LogP contribution in [0.3, 0.4) is 0 Å². The molecule has 8 rings (SSSR count). The Bertz CT molecular complexity index is 2140. The van der Waals surface area contributed by atoms with Gasteiger partial charge in [0.2, 0.25) is 0 Å². The Labute approximate surface area is 343 Å². The smallest absolute Gasteiger partial charge is 0.172 e. The summed E-state index contributed by atoms with van der Waals surface area (Å²) >= 11 is 1.46. The van der Waals surface area contributed by atoms with E-state index in [1.54, 1.807) is 0 Å². The van der Waals surface area contributed by atoms with E-state index in [4.69, 9.17) is 0 Å². The Balaban J connectivity index is 0.000000247. The van der Waals surface area contributed by atoms with Gasteiger partial charge in [0.1, 0.15) is 0 Å². The number of fused-ring (bicyclic) bond motifs is 3. The van der Waals surface area contributed by atoms with E-state index < -0.39 is 0 Å². The molecule has 4 heteroatoms. The molecule has 0 aromatic heterocycles. The second-order valence-corrected chi connectivity index (χ2v) is 15.1. The molecule has 0 aliphatic rings. The van der Waals surface area contributed by atoms with Crippen molar-refractivity contribution >= 4 is 30.4 Å². The van der Waals surface area contributed by atoms with Crippen molar-refractivity contribution in [1.82, 2.24) is 0 Å². The fourth-order valence-corrected chi connectivity index (χ4v) is 7.04. The Hall–Kier alpha value is -4.33. The van der Waals surface area contributed by atoms with Gasteiger partial charge in [0.15, 0.2) is 0 Å². The molecule has 266 valence electrons. The summed E-state index contributed by atoms with van der Waals surface area (Å²) in [6.45, 7) is 8.60. The molecule has 0 spiro atoms. The summed E-state index contributed by atoms with van der Waals surface area (Å²) in [5.74, 6) is 0. The maximum absolute atomic E-state index is 2.47. The predicted molar refractivity (Wildman–Crippen MR) is 217 cm³/mol. The van der Waals surface area contributed by atoms with Gasteiger partial charge in [0, 0.05) is 18.8 Å². The van der Waals surface area contributed by atoms with Crippen LogP contribution in [-0.2, 0) is 42.7 Å². The predicted octanol–water partition coefficient (Wildman–Crippen LogP) is 6.43. The monoisotopic (exact) mass is 807 g/mol. The molecule has 8 aromatic carbocycles. The molecular weight excluding hydrogens is 765 g/mol. The van der Waals surface area contributed by atoms with E-state index in [1.165, 1.54) is 82.5 Å². The first-order valence-electron chi connectivity index (χ1n) is 17.7. The van der Waals surface area contributed by atoms with Gasteiger partial charge in [-0.15, -0.1) is 33.7 Å². The van der Waals surface area contributed by atoms with Crippen molar-refractivity contribution in [2.75, 3.05) is 4.90 Å². The van der Waals surface area contributed by atoms with Crippen molar-refractivity contribution in [3.63, 3.8) is 0 Å². The first-order valence-corrected chi connectivity index (χ1v) is 18.9. The number of anilines is 1. The minimum Gasteiger partial charge on any atom is -0.214 e. The molecule has 0 saturated carbocycles. The van der Waals surface area contributed by atoms with Gasteiger partial charge >= 0.3 is 99.2 Å². The number of halogens is 2. The molecule has 0 amide bonds. The fraction of sp³-hybridized carbons (Fsp3) is 0.122. The van der Waals surface area contributed by atoms with Crippen LogP contribution in [0.4, 0.5) is 5.69 Å². The van der Waals surface area contributed by atoms with E-state index in [0.717, 1.165) is 13.1 Å². The van der Waals surface area contributed by atoms with Crippen molar-refractivity contribution in [2.24, 2.45) is 0 Å². The Morgan fingerprint density at radius 3 is 1.40 bits per heavy atom. The molecular formula is C49H45Cl2NZr-2. The number of benzene rings is 6. The third-order valence-electron chi connectivity index (χ3n) is 9.03. The summed E-state index contributed by atoms with van der Waals surface area (Å²) in [7, 11) is 0. The van der Waals surface area contributed by atoms with Gasteiger partial charge in [0.05, 0.1) is 0 Å². The van der Waals surface area contributed by atoms with E-state index in [-0.39, 0.29) is 30.2 Å². The van der Waals surface area contributed by atoms with Gasteiger partial charge in [0.25, 0.3) is 0 Å². The largest absolute Gasteiger partial charge is 0.214 e. The Kier molecular flexibility index (Phi) is 15.8. The van der Waals surface area contributed by atoms with Crippen LogP contribution in [-0.4, -0.2) is 3.21 Å². The zero-order chi connectivity index (χ0) is 35.5. The normalized spacial score (nSPS) is 10.5. The van der Waals surface area contributed by atoms with Crippen LogP contribution in [0.15, 0.2) is 194 Å². The molecule has 0 aliphatic heterocycles. The minimum absolute atomic E-state index is 0. The molecule has 53 heavy (non-hydrogen) atoms. The van der Waals surface area contributed by atoms with Crippen LogP contribution in [0, 0.1) is 0 Å². The van der Waals surface area contributed by atoms with Crippen LogP contribution < -0.4 is 29.7 Å². The SMILES string of the molecule is CC(C)(C)c1ccc2c(c1)[cH-]c1cc(N(Cc3ccccc3)Cc3ccccc3)ccc12.[Cl-].[Cl-].[Zr+2]=[C](c1ccccc1)c1ccccc1.c1cc[cH-]c1. The van der Waals surface area contributed by atoms with Gasteiger partial charge in [-0.25, -0.2) is 12.1 Å². The molecule has 0 atom stereocenters. The zero-order valence-corrected chi connectivity index (χ0v) is 34.6. The Morgan fingerprint density at radius 1 is 0.528 bits per heavy atom. The number of rotatable bonds is 7. The third-order valence-corrected chi connectivity index (χ3v) is 10.5. The van der Waals surface area contributed by atoms with E-state index in [2.05, 4.69) is 189 Å². The van der Waals surface area contributed by atoms with Crippen LogP contribution in [0.1, 0.15) is 48.6 Å². The first kappa shape index (κ1) is 41.4. The molecule has 0 aliphatic carbocycles. The maximum Gasteiger partial charge on any atom is -0.172 e. The molecule has 0 heterocycles. The second kappa shape index (κ2) is 20.2. The average molecular weight is 810 g/mol. The van der Waals surface area contributed by atoms with Gasteiger partial charge in [-0.05, 0) is 16.5 Å². The topological polar surface area (TPSA) is 3.24 Å². The third kappa shape index (κ3) is 11.6. The quantitative estimate of drug-likeness (QED) is 0.168. The van der Waals surface area contributed by atoms with E-state index in [9.17, 15) is 0 Å². The van der Waals surface area contributed by atoms with Gasteiger partial charge in [-0.2, -0.15) is 18.2 Å². The molecule has 0 N–H and O–H groups in total. The summed E-state index contributed by atoms with van der Waals surface area (Å²) in [5, 5.41) is 5.33. The van der Waals surface area contributed by atoms with Crippen LogP contribution in [0.2, 0.25) is 0 Å². The van der Waals surface area contributed by atoms with Crippen molar-refractivity contribution in [2.45, 2.75) is 39.3 Å². The standard InChI is InChI=1S/C31H30N.C13H10.C5H5.2ClH.Zr/c1-31(2,3)27-14-16-29-25(19-27)18-26-20-28(15-17-30(26)29)32(21-23-10-6-4-7-11-23)22-24-12-8-5-9-13-24;1-3-7-12(8-4-1)11-13-9-5-2-6-10-13;1-2-4-5-3-1;;;/h4-20H,21-22H2,1-3H3;1-10H;1-5H;2*1H;/q-1;;-1;;;+2/p-2. The van der Waals surface area contributed by atoms with Crippen molar-refractivity contribution in [3.8, 4) is 0 Å². The van der Waals surface area contributed by atoms with Gasteiger partial charge < -0.3 is 29.7 Å². The Morgan fingerprint density at radius 2 is 0.962 bits per heavy atom. The van der Waals surface area contributed by atoms with Gasteiger partial charge in [-0.1, -0.05) is 117 Å². The molecule has 0 bridgehead atoms. The van der Waals surface area contributed by atoms with Crippen LogP contribution in [0.5, 0.6) is 0 Å². The van der Waals surface area contributed by atoms with Crippen LogP contribution in [0.25, 0.3) is 21.5 Å². The summed E-state index contributed by atoms with van der Waals surface area (Å²) in [5.41, 5.74) is 8.11. The van der Waals surface area contributed by atoms with Crippen molar-refractivity contribution in [1.29, 1.82) is 0 Å². The van der Waals surface area contributed by atoms with Gasteiger partial charge in [-0.3, -0.25) is 0 Å². The van der Waals surface area contributed by atoms with Crippen molar-refractivity contribution < 1.29 is 49.0 Å². The molecule has 0 radical (unpaired) electrons. The summed E-state index contributed by atoms with van der Waals surface area (Å²) in [4.78, 5) is 2.47. The number of hydrogen-bond acceptors (Lipinski definition) is 1. The van der Waals surface area contributed by atoms with E-state index in [0.29, 0.717) is 0 Å². The fourth-order valence-electron chi connectivity index (χ4n) is 6.22. The molecule has 8 aromatic rings. The molecule has 1 nitrogen and oxygen atoms in total. The number of hydrogen-bond donors (Lipinski definition) is 0. The summed E-state index contributed by atoms with van der Waals surface area (Å²) in [6.07, 6.45) is 0. The molecule has 0 unspecified atom stereocenters. The minimum atomic E-state index is 0.